The lowest BCUT2D eigenvalue weighted by molar-refractivity contribution is -0.145. The van der Waals surface area contributed by atoms with Crippen LogP contribution in [0, 0.1) is 0 Å². The first kappa shape index (κ1) is 14.8. The molecule has 7 heteroatoms. The van der Waals surface area contributed by atoms with E-state index in [-0.39, 0.29) is 12.0 Å². The number of carbonyl (C=O) groups is 1. The third-order valence-corrected chi connectivity index (χ3v) is 3.12. The average molecular weight is 315 g/mol. The molecule has 118 valence electrons. The molecule has 0 saturated carbocycles. The molecule has 0 fully saturated rings. The first-order valence-electron chi connectivity index (χ1n) is 6.93. The molecule has 0 unspecified atom stereocenters. The number of hydrogen-bond acceptors (Lipinski definition) is 7. The zero-order valence-electron chi connectivity index (χ0n) is 12.3. The highest BCUT2D eigenvalue weighted by atomic mass is 16.6. The zero-order chi connectivity index (χ0) is 16.2. The van der Waals surface area contributed by atoms with Crippen LogP contribution in [0.15, 0.2) is 50.5 Å². The molecular weight excluding hydrogens is 302 g/mol. The molecule has 23 heavy (non-hydrogen) atoms. The Morgan fingerprint density at radius 1 is 1.30 bits per heavy atom. The van der Waals surface area contributed by atoms with E-state index in [0.29, 0.717) is 34.6 Å². The molecular formula is C16H13NO6. The Morgan fingerprint density at radius 3 is 2.91 bits per heavy atom. The number of aromatic nitrogens is 1. The molecule has 0 aliphatic heterocycles. The fourth-order valence-corrected chi connectivity index (χ4v) is 2.07. The lowest BCUT2D eigenvalue weighted by Gasteiger charge is -2.06. The summed E-state index contributed by atoms with van der Waals surface area (Å²) >= 11 is 0. The van der Waals surface area contributed by atoms with Crippen LogP contribution < -0.4 is 10.2 Å². The number of nitrogens with zero attached hydrogens (tertiary/aromatic N) is 1. The minimum atomic E-state index is -0.463. The normalized spacial score (nSPS) is 10.7. The van der Waals surface area contributed by atoms with E-state index in [0.717, 1.165) is 0 Å². The van der Waals surface area contributed by atoms with Gasteiger partial charge in [0.05, 0.1) is 17.6 Å². The Balaban J connectivity index is 1.89. The molecule has 2 aromatic heterocycles. The van der Waals surface area contributed by atoms with Crippen molar-refractivity contribution in [2.24, 2.45) is 0 Å². The Hall–Kier alpha value is -3.09. The van der Waals surface area contributed by atoms with E-state index in [9.17, 15) is 9.59 Å². The SMILES string of the molecule is CCOC(=O)COc1ccc2c(=O)c(-c3ccon3)coc2c1. The summed E-state index contributed by atoms with van der Waals surface area (Å²) in [4.78, 5) is 23.7. The summed E-state index contributed by atoms with van der Waals surface area (Å²) in [5.74, 6) is -0.0571. The number of rotatable bonds is 5. The van der Waals surface area contributed by atoms with Gasteiger partial charge < -0.3 is 18.4 Å². The highest BCUT2D eigenvalue weighted by Gasteiger charge is 2.12. The summed E-state index contributed by atoms with van der Waals surface area (Å²) in [6, 6.07) is 6.29. The molecule has 0 bridgehead atoms. The molecule has 0 spiro atoms. The Bertz CT molecular complexity index is 881. The topological polar surface area (TPSA) is 91.8 Å². The largest absolute Gasteiger partial charge is 0.482 e. The van der Waals surface area contributed by atoms with Gasteiger partial charge in [-0.2, -0.15) is 0 Å². The van der Waals surface area contributed by atoms with Crippen LogP contribution in [-0.2, 0) is 9.53 Å². The lowest BCUT2D eigenvalue weighted by atomic mass is 10.1. The van der Waals surface area contributed by atoms with Crippen LogP contribution in [0.1, 0.15) is 6.92 Å². The van der Waals surface area contributed by atoms with Gasteiger partial charge in [-0.05, 0) is 19.1 Å². The van der Waals surface area contributed by atoms with Gasteiger partial charge in [-0.25, -0.2) is 4.79 Å². The summed E-state index contributed by atoms with van der Waals surface area (Å²) < 4.78 is 20.3. The van der Waals surface area contributed by atoms with Crippen molar-refractivity contribution in [1.82, 2.24) is 5.16 Å². The first-order chi connectivity index (χ1) is 11.2. The Labute approximate surface area is 130 Å². The fraction of sp³-hybridized carbons (Fsp3) is 0.188. The molecule has 3 rings (SSSR count). The lowest BCUT2D eigenvalue weighted by Crippen LogP contribution is -2.14. The van der Waals surface area contributed by atoms with Crippen LogP contribution in [0.4, 0.5) is 0 Å². The van der Waals surface area contributed by atoms with Crippen molar-refractivity contribution in [1.29, 1.82) is 0 Å². The van der Waals surface area contributed by atoms with Gasteiger partial charge in [0.2, 0.25) is 5.43 Å². The van der Waals surface area contributed by atoms with Crippen LogP contribution in [0.25, 0.3) is 22.2 Å². The fourth-order valence-electron chi connectivity index (χ4n) is 2.07. The van der Waals surface area contributed by atoms with Gasteiger partial charge in [0.25, 0.3) is 0 Å². The van der Waals surface area contributed by atoms with Crippen molar-refractivity contribution in [2.45, 2.75) is 6.92 Å². The predicted molar refractivity (Wildman–Crippen MR) is 80.1 cm³/mol. The molecule has 0 saturated heterocycles. The molecule has 0 atom stereocenters. The smallest absolute Gasteiger partial charge is 0.344 e. The van der Waals surface area contributed by atoms with Crippen molar-refractivity contribution < 1.29 is 23.2 Å². The molecule has 0 aliphatic carbocycles. The number of esters is 1. The Morgan fingerprint density at radius 2 is 2.17 bits per heavy atom. The highest BCUT2D eigenvalue weighted by Crippen LogP contribution is 2.22. The minimum Gasteiger partial charge on any atom is -0.482 e. The third-order valence-electron chi connectivity index (χ3n) is 3.12. The molecule has 0 radical (unpaired) electrons. The Kier molecular flexibility index (Phi) is 4.09. The highest BCUT2D eigenvalue weighted by molar-refractivity contribution is 5.82. The van der Waals surface area contributed by atoms with E-state index in [4.69, 9.17) is 18.4 Å². The molecule has 0 aliphatic rings. The van der Waals surface area contributed by atoms with E-state index in [2.05, 4.69) is 5.16 Å². The molecule has 7 nitrogen and oxygen atoms in total. The third kappa shape index (κ3) is 3.08. The van der Waals surface area contributed by atoms with Gasteiger partial charge >= 0.3 is 5.97 Å². The summed E-state index contributed by atoms with van der Waals surface area (Å²) in [6.07, 6.45) is 2.70. The van der Waals surface area contributed by atoms with Crippen molar-refractivity contribution in [3.05, 3.63) is 47.0 Å². The maximum atomic E-state index is 12.4. The minimum absolute atomic E-state index is 0.208. The standard InChI is InChI=1S/C16H13NO6/c1-2-20-15(18)9-21-10-3-4-11-14(7-10)22-8-12(16(11)19)13-5-6-23-17-13/h3-8H,2,9H2,1H3. The monoisotopic (exact) mass is 315 g/mol. The molecule has 1 aromatic carbocycles. The van der Waals surface area contributed by atoms with Crippen molar-refractivity contribution in [3.63, 3.8) is 0 Å². The van der Waals surface area contributed by atoms with Gasteiger partial charge in [-0.15, -0.1) is 0 Å². The van der Waals surface area contributed by atoms with Gasteiger partial charge in [-0.3, -0.25) is 4.79 Å². The van der Waals surface area contributed by atoms with Crippen molar-refractivity contribution >= 4 is 16.9 Å². The second kappa shape index (κ2) is 6.35. The number of carbonyl (C=O) groups excluding carboxylic acids is 1. The van der Waals surface area contributed by atoms with E-state index in [1.807, 2.05) is 0 Å². The summed E-state index contributed by atoms with van der Waals surface area (Å²) in [5, 5.41) is 4.11. The predicted octanol–water partition coefficient (Wildman–Crippen LogP) is 2.39. The quantitative estimate of drug-likeness (QED) is 0.667. The van der Waals surface area contributed by atoms with Gasteiger partial charge in [0, 0.05) is 12.1 Å². The molecule has 3 aromatic rings. The number of hydrogen-bond donors (Lipinski definition) is 0. The van der Waals surface area contributed by atoms with Crippen LogP contribution in [-0.4, -0.2) is 24.3 Å². The van der Waals surface area contributed by atoms with Gasteiger partial charge in [-0.1, -0.05) is 5.16 Å². The molecule has 0 N–H and O–H groups in total. The van der Waals surface area contributed by atoms with Gasteiger partial charge in [0.1, 0.15) is 29.6 Å². The van der Waals surface area contributed by atoms with E-state index in [1.165, 1.54) is 12.5 Å². The van der Waals surface area contributed by atoms with E-state index in [1.54, 1.807) is 31.2 Å². The van der Waals surface area contributed by atoms with Crippen LogP contribution in [0.2, 0.25) is 0 Å². The van der Waals surface area contributed by atoms with Crippen molar-refractivity contribution in [3.8, 4) is 17.0 Å². The van der Waals surface area contributed by atoms with Gasteiger partial charge in [0.15, 0.2) is 6.61 Å². The van der Waals surface area contributed by atoms with Crippen LogP contribution >= 0.6 is 0 Å². The van der Waals surface area contributed by atoms with Crippen LogP contribution in [0.3, 0.4) is 0 Å². The summed E-state index contributed by atoms with van der Waals surface area (Å²) in [5.41, 5.74) is 0.843. The summed E-state index contributed by atoms with van der Waals surface area (Å²) in [7, 11) is 0. The molecule has 0 amide bonds. The van der Waals surface area contributed by atoms with Crippen LogP contribution in [0.5, 0.6) is 5.75 Å². The maximum Gasteiger partial charge on any atom is 0.344 e. The van der Waals surface area contributed by atoms with E-state index < -0.39 is 5.97 Å². The number of benzene rings is 1. The first-order valence-corrected chi connectivity index (χ1v) is 6.93. The van der Waals surface area contributed by atoms with Crippen molar-refractivity contribution in [2.75, 3.05) is 13.2 Å². The second-order valence-electron chi connectivity index (χ2n) is 4.61. The second-order valence-corrected chi connectivity index (χ2v) is 4.61. The van der Waals surface area contributed by atoms with E-state index >= 15 is 0 Å². The number of ether oxygens (including phenoxy) is 2. The summed E-state index contributed by atoms with van der Waals surface area (Å²) in [6.45, 7) is 1.80. The zero-order valence-corrected chi connectivity index (χ0v) is 12.3. The maximum absolute atomic E-state index is 12.4. The molecule has 2 heterocycles. The number of fused-ring (bicyclic) bond motifs is 1. The average Bonchev–Trinajstić information content (AvgIpc) is 3.08.